The van der Waals surface area contributed by atoms with Crippen LogP contribution in [0.15, 0.2) is 0 Å². The zero-order valence-corrected chi connectivity index (χ0v) is 7.29. The predicted octanol–water partition coefficient (Wildman–Crippen LogP) is 0.0558. The molecule has 0 aliphatic heterocycles. The number of hydrogen-bond acceptors (Lipinski definition) is 4. The minimum absolute atomic E-state index is 0.223. The largest absolute Gasteiger partial charge is 0.469 e. The summed E-state index contributed by atoms with van der Waals surface area (Å²) >= 11 is 0. The minimum atomic E-state index is -0.223. The van der Waals surface area contributed by atoms with Crippen molar-refractivity contribution in [2.75, 3.05) is 13.7 Å². The molecule has 4 nitrogen and oxygen atoms in total. The number of carbonyl (C=O) groups excluding carboxylic acids is 1. The molecule has 0 radical (unpaired) electrons. The molecule has 0 atom stereocenters. The first kappa shape index (κ1) is 9.48. The monoisotopic (exact) mass is 173 g/mol. The van der Waals surface area contributed by atoms with E-state index in [1.807, 2.05) is 0 Å². The molecule has 0 bridgehead atoms. The summed E-state index contributed by atoms with van der Waals surface area (Å²) in [5.41, 5.74) is 5.55. The molecule has 0 spiro atoms. The normalized spacial score (nSPS) is 27.8. The summed E-state index contributed by atoms with van der Waals surface area (Å²) in [7, 11) is 1.38. The Hall–Kier alpha value is -0.610. The molecule has 0 saturated heterocycles. The maximum Gasteiger partial charge on any atom is 0.307 e. The van der Waals surface area contributed by atoms with E-state index in [4.69, 9.17) is 10.5 Å². The van der Waals surface area contributed by atoms with Gasteiger partial charge >= 0.3 is 5.97 Å². The molecule has 70 valence electrons. The van der Waals surface area contributed by atoms with E-state index in [2.05, 4.69) is 4.74 Å². The quantitative estimate of drug-likeness (QED) is 0.610. The van der Waals surface area contributed by atoms with Crippen LogP contribution in [0, 0.1) is 0 Å². The lowest BCUT2D eigenvalue weighted by Gasteiger charge is -2.31. The molecule has 1 rings (SSSR count). The van der Waals surface area contributed by atoms with E-state index in [1.54, 1.807) is 0 Å². The minimum Gasteiger partial charge on any atom is -0.469 e. The van der Waals surface area contributed by atoms with Crippen LogP contribution in [0.3, 0.4) is 0 Å². The lowest BCUT2D eigenvalue weighted by molar-refractivity contribution is -0.142. The maximum atomic E-state index is 10.6. The third-order valence-corrected chi connectivity index (χ3v) is 2.02. The summed E-state index contributed by atoms with van der Waals surface area (Å²) in [5.74, 6) is -0.223. The zero-order valence-electron chi connectivity index (χ0n) is 7.29. The van der Waals surface area contributed by atoms with Gasteiger partial charge in [0.05, 0.1) is 26.2 Å². The molecule has 4 heteroatoms. The molecule has 12 heavy (non-hydrogen) atoms. The molecule has 0 heterocycles. The standard InChI is InChI=1S/C8H15NO3/c1-11-8(10)2-3-12-7-4-6(9)5-7/h6-7H,2-5,9H2,1H3. The van der Waals surface area contributed by atoms with E-state index in [-0.39, 0.29) is 12.1 Å². The van der Waals surface area contributed by atoms with Crippen molar-refractivity contribution in [2.45, 2.75) is 31.4 Å². The maximum absolute atomic E-state index is 10.6. The van der Waals surface area contributed by atoms with Crippen molar-refractivity contribution in [3.63, 3.8) is 0 Å². The average Bonchev–Trinajstić information content (AvgIpc) is 2.01. The lowest BCUT2D eigenvalue weighted by Crippen LogP contribution is -2.41. The van der Waals surface area contributed by atoms with Crippen molar-refractivity contribution in [2.24, 2.45) is 5.73 Å². The SMILES string of the molecule is COC(=O)CCOC1CC(N)C1. The highest BCUT2D eigenvalue weighted by molar-refractivity contribution is 5.69. The van der Waals surface area contributed by atoms with Crippen molar-refractivity contribution in [1.29, 1.82) is 0 Å². The van der Waals surface area contributed by atoms with E-state index < -0.39 is 0 Å². The van der Waals surface area contributed by atoms with Gasteiger partial charge < -0.3 is 15.2 Å². The van der Waals surface area contributed by atoms with Crippen LogP contribution in [0.25, 0.3) is 0 Å². The Morgan fingerprint density at radius 1 is 1.58 bits per heavy atom. The van der Waals surface area contributed by atoms with Gasteiger partial charge in [0.2, 0.25) is 0 Å². The smallest absolute Gasteiger partial charge is 0.307 e. The van der Waals surface area contributed by atoms with Gasteiger partial charge in [-0.1, -0.05) is 0 Å². The molecular formula is C8H15NO3. The van der Waals surface area contributed by atoms with Gasteiger partial charge in [-0.2, -0.15) is 0 Å². The molecule has 1 saturated carbocycles. The number of nitrogens with two attached hydrogens (primary N) is 1. The molecule has 0 aromatic heterocycles. The molecule has 1 aliphatic rings. The summed E-state index contributed by atoms with van der Waals surface area (Å²) in [5, 5.41) is 0. The molecular weight excluding hydrogens is 158 g/mol. The first-order valence-electron chi connectivity index (χ1n) is 4.16. The number of rotatable bonds is 4. The van der Waals surface area contributed by atoms with Gasteiger partial charge in [0, 0.05) is 6.04 Å². The lowest BCUT2D eigenvalue weighted by atomic mass is 9.90. The van der Waals surface area contributed by atoms with E-state index in [0.717, 1.165) is 12.8 Å². The predicted molar refractivity (Wildman–Crippen MR) is 43.6 cm³/mol. The van der Waals surface area contributed by atoms with Crippen LogP contribution >= 0.6 is 0 Å². The Morgan fingerprint density at radius 2 is 2.25 bits per heavy atom. The van der Waals surface area contributed by atoms with Crippen molar-refractivity contribution < 1.29 is 14.3 Å². The summed E-state index contributed by atoms with van der Waals surface area (Å²) < 4.78 is 9.80. The second-order valence-corrected chi connectivity index (χ2v) is 3.05. The third-order valence-electron chi connectivity index (χ3n) is 2.02. The highest BCUT2D eigenvalue weighted by Gasteiger charge is 2.26. The second kappa shape index (κ2) is 4.42. The number of ether oxygens (including phenoxy) is 2. The molecule has 0 aromatic carbocycles. The summed E-state index contributed by atoms with van der Waals surface area (Å²) in [6, 6.07) is 0.299. The van der Waals surface area contributed by atoms with E-state index in [0.29, 0.717) is 19.1 Å². The molecule has 0 unspecified atom stereocenters. The third kappa shape index (κ3) is 2.79. The van der Waals surface area contributed by atoms with Crippen molar-refractivity contribution >= 4 is 5.97 Å². The van der Waals surface area contributed by atoms with Crippen LogP contribution in [0.1, 0.15) is 19.3 Å². The summed E-state index contributed by atoms with van der Waals surface area (Å²) in [6.07, 6.45) is 2.44. The van der Waals surface area contributed by atoms with Crippen LogP contribution in [0.5, 0.6) is 0 Å². The average molecular weight is 173 g/mol. The van der Waals surface area contributed by atoms with Gasteiger partial charge in [0.1, 0.15) is 0 Å². The Kier molecular flexibility index (Phi) is 3.49. The van der Waals surface area contributed by atoms with Gasteiger partial charge in [0.25, 0.3) is 0 Å². The second-order valence-electron chi connectivity index (χ2n) is 3.05. The van der Waals surface area contributed by atoms with Gasteiger partial charge in [-0.3, -0.25) is 4.79 Å². The van der Waals surface area contributed by atoms with Crippen LogP contribution in [-0.2, 0) is 14.3 Å². The van der Waals surface area contributed by atoms with Crippen LogP contribution in [0.4, 0.5) is 0 Å². The number of methoxy groups -OCH3 is 1. The van der Waals surface area contributed by atoms with E-state index >= 15 is 0 Å². The fourth-order valence-electron chi connectivity index (χ4n) is 1.15. The molecule has 0 amide bonds. The zero-order chi connectivity index (χ0) is 8.97. The Bertz CT molecular complexity index is 154. The van der Waals surface area contributed by atoms with Crippen LogP contribution < -0.4 is 5.73 Å². The summed E-state index contributed by atoms with van der Waals surface area (Å²) in [4.78, 5) is 10.6. The van der Waals surface area contributed by atoms with E-state index in [1.165, 1.54) is 7.11 Å². The topological polar surface area (TPSA) is 61.5 Å². The number of hydrogen-bond donors (Lipinski definition) is 1. The van der Waals surface area contributed by atoms with E-state index in [9.17, 15) is 4.79 Å². The Morgan fingerprint density at radius 3 is 2.75 bits per heavy atom. The molecule has 2 N–H and O–H groups in total. The fourth-order valence-corrected chi connectivity index (χ4v) is 1.15. The Labute approximate surface area is 72.0 Å². The van der Waals surface area contributed by atoms with Crippen LogP contribution in [-0.4, -0.2) is 31.8 Å². The van der Waals surface area contributed by atoms with Gasteiger partial charge in [-0.05, 0) is 12.8 Å². The first-order chi connectivity index (χ1) is 5.72. The van der Waals surface area contributed by atoms with Gasteiger partial charge in [-0.15, -0.1) is 0 Å². The fraction of sp³-hybridized carbons (Fsp3) is 0.875. The van der Waals surface area contributed by atoms with Crippen molar-refractivity contribution in [3.8, 4) is 0 Å². The van der Waals surface area contributed by atoms with Crippen LogP contribution in [0.2, 0.25) is 0 Å². The highest BCUT2D eigenvalue weighted by Crippen LogP contribution is 2.20. The first-order valence-corrected chi connectivity index (χ1v) is 4.16. The molecule has 1 aliphatic carbocycles. The van der Waals surface area contributed by atoms with Gasteiger partial charge in [0.15, 0.2) is 0 Å². The molecule has 1 fully saturated rings. The molecule has 0 aromatic rings. The Balaban J connectivity index is 1.93. The van der Waals surface area contributed by atoms with Crippen molar-refractivity contribution in [1.82, 2.24) is 0 Å². The number of carbonyl (C=O) groups is 1. The number of esters is 1. The van der Waals surface area contributed by atoms with Gasteiger partial charge in [-0.25, -0.2) is 0 Å². The summed E-state index contributed by atoms with van der Waals surface area (Å²) in [6.45, 7) is 0.448. The van der Waals surface area contributed by atoms with Crippen molar-refractivity contribution in [3.05, 3.63) is 0 Å². The highest BCUT2D eigenvalue weighted by atomic mass is 16.5.